The van der Waals surface area contributed by atoms with Crippen molar-refractivity contribution in [3.63, 3.8) is 0 Å². The molecule has 0 saturated heterocycles. The van der Waals surface area contributed by atoms with Crippen LogP contribution in [-0.4, -0.2) is 26.6 Å². The van der Waals surface area contributed by atoms with Crippen LogP contribution < -0.4 is 21.9 Å². The van der Waals surface area contributed by atoms with Gasteiger partial charge in [0.1, 0.15) is 5.82 Å². The number of carbonyl (C=O) groups is 1. The highest BCUT2D eigenvalue weighted by Crippen LogP contribution is 2.22. The molecule has 0 atom stereocenters. The zero-order valence-corrected chi connectivity index (χ0v) is 18.2. The monoisotopic (exact) mass is 423 g/mol. The van der Waals surface area contributed by atoms with Crippen LogP contribution in [0.4, 0.5) is 11.5 Å². The summed E-state index contributed by atoms with van der Waals surface area (Å²) in [7, 11) is 0. The highest BCUT2D eigenvalue weighted by molar-refractivity contribution is 6.07. The number of hydrogen-bond donors (Lipinski definition) is 2. The van der Waals surface area contributed by atoms with E-state index in [0.717, 1.165) is 12.1 Å². The van der Waals surface area contributed by atoms with Crippen molar-refractivity contribution in [2.45, 2.75) is 40.2 Å². The molecule has 0 radical (unpaired) electrons. The van der Waals surface area contributed by atoms with Gasteiger partial charge in [0.25, 0.3) is 11.5 Å². The summed E-state index contributed by atoms with van der Waals surface area (Å²) in [5.74, 6) is -0.195. The van der Waals surface area contributed by atoms with Crippen molar-refractivity contribution in [3.8, 4) is 5.69 Å². The Labute approximate surface area is 180 Å². The van der Waals surface area contributed by atoms with Gasteiger partial charge < -0.3 is 15.2 Å². The summed E-state index contributed by atoms with van der Waals surface area (Å²) in [4.78, 5) is 42.3. The topological polar surface area (TPSA) is 106 Å². The first-order valence-corrected chi connectivity index (χ1v) is 10.5. The highest BCUT2D eigenvalue weighted by atomic mass is 16.2. The quantitative estimate of drug-likeness (QED) is 0.581. The lowest BCUT2D eigenvalue weighted by atomic mass is 10.1. The molecule has 0 fully saturated rings. The van der Waals surface area contributed by atoms with Crippen LogP contribution in [0.2, 0.25) is 0 Å². The Morgan fingerprint density at radius 3 is 2.52 bits per heavy atom. The number of aromatic nitrogens is 3. The number of carbonyl (C=O) groups excluding carboxylic acids is 1. The SMILES string of the molecule is CCCCN(C(=O)c1cccc(-n2cccc2)c1)c1c(N)n(CC(C)C)c(=O)[nH]c1=O. The molecule has 1 amide bonds. The molecule has 0 saturated carbocycles. The average molecular weight is 424 g/mol. The van der Waals surface area contributed by atoms with Gasteiger partial charge in [0.2, 0.25) is 0 Å². The molecular weight excluding hydrogens is 394 g/mol. The third kappa shape index (κ3) is 4.79. The number of aromatic amines is 1. The molecule has 2 aromatic heterocycles. The Morgan fingerprint density at radius 1 is 1.16 bits per heavy atom. The molecule has 1 aromatic carbocycles. The van der Waals surface area contributed by atoms with Crippen LogP contribution >= 0.6 is 0 Å². The Hall–Kier alpha value is -3.55. The second kappa shape index (κ2) is 9.51. The minimum atomic E-state index is -0.659. The average Bonchev–Trinajstić information content (AvgIpc) is 3.28. The minimum Gasteiger partial charge on any atom is -0.383 e. The number of benzene rings is 1. The van der Waals surface area contributed by atoms with Crippen LogP contribution in [0, 0.1) is 5.92 Å². The Morgan fingerprint density at radius 2 is 1.87 bits per heavy atom. The fourth-order valence-electron chi connectivity index (χ4n) is 3.48. The molecule has 8 heteroatoms. The molecule has 0 spiro atoms. The van der Waals surface area contributed by atoms with Gasteiger partial charge in [-0.25, -0.2) is 4.79 Å². The number of nitrogen functional groups attached to an aromatic ring is 1. The van der Waals surface area contributed by atoms with Crippen molar-refractivity contribution < 1.29 is 4.79 Å². The summed E-state index contributed by atoms with van der Waals surface area (Å²) < 4.78 is 3.22. The number of nitrogens with zero attached hydrogens (tertiary/aromatic N) is 3. The number of hydrogen-bond acceptors (Lipinski definition) is 4. The lowest BCUT2D eigenvalue weighted by Crippen LogP contribution is -2.42. The molecule has 3 aromatic rings. The molecule has 0 unspecified atom stereocenters. The van der Waals surface area contributed by atoms with Crippen LogP contribution in [0.25, 0.3) is 5.69 Å². The van der Waals surface area contributed by atoms with Gasteiger partial charge in [-0.15, -0.1) is 0 Å². The third-order valence-electron chi connectivity index (χ3n) is 5.01. The lowest BCUT2D eigenvalue weighted by Gasteiger charge is -2.25. The maximum absolute atomic E-state index is 13.5. The molecule has 0 bridgehead atoms. The van der Waals surface area contributed by atoms with E-state index in [1.165, 1.54) is 9.47 Å². The van der Waals surface area contributed by atoms with Gasteiger partial charge in [0.15, 0.2) is 5.69 Å². The van der Waals surface area contributed by atoms with Crippen molar-refractivity contribution in [3.05, 3.63) is 75.2 Å². The maximum Gasteiger partial charge on any atom is 0.330 e. The van der Waals surface area contributed by atoms with E-state index in [9.17, 15) is 14.4 Å². The molecule has 0 aliphatic carbocycles. The van der Waals surface area contributed by atoms with Crippen molar-refractivity contribution in [2.24, 2.45) is 5.92 Å². The predicted molar refractivity (Wildman–Crippen MR) is 123 cm³/mol. The van der Waals surface area contributed by atoms with Crippen LogP contribution in [0.1, 0.15) is 44.0 Å². The first-order chi connectivity index (χ1) is 14.8. The Kier molecular flexibility index (Phi) is 6.79. The lowest BCUT2D eigenvalue weighted by molar-refractivity contribution is 0.0986. The molecule has 0 aliphatic rings. The van der Waals surface area contributed by atoms with E-state index in [1.54, 1.807) is 18.2 Å². The number of anilines is 2. The predicted octanol–water partition coefficient (Wildman–Crippen LogP) is 3.01. The standard InChI is InChI=1S/C23H29N5O3/c1-4-5-13-27(19-20(24)28(15-16(2)3)23(31)25-21(19)29)22(30)17-9-8-10-18(14-17)26-11-6-7-12-26/h6-12,14,16H,4-5,13,15,24H2,1-3H3,(H,25,29,31). The summed E-state index contributed by atoms with van der Waals surface area (Å²) >= 11 is 0. The largest absolute Gasteiger partial charge is 0.383 e. The molecule has 31 heavy (non-hydrogen) atoms. The van der Waals surface area contributed by atoms with E-state index < -0.39 is 11.2 Å². The number of nitrogens with two attached hydrogens (primary N) is 1. The first kappa shape index (κ1) is 22.1. The molecule has 8 nitrogen and oxygen atoms in total. The van der Waals surface area contributed by atoms with E-state index in [2.05, 4.69) is 4.98 Å². The molecule has 164 valence electrons. The van der Waals surface area contributed by atoms with Crippen molar-refractivity contribution in [1.29, 1.82) is 0 Å². The van der Waals surface area contributed by atoms with Crippen LogP contribution in [0.5, 0.6) is 0 Å². The van der Waals surface area contributed by atoms with Gasteiger partial charge in [-0.2, -0.15) is 0 Å². The van der Waals surface area contributed by atoms with Gasteiger partial charge in [-0.3, -0.25) is 19.1 Å². The van der Waals surface area contributed by atoms with Crippen LogP contribution in [0.3, 0.4) is 0 Å². The van der Waals surface area contributed by atoms with Gasteiger partial charge in [0.05, 0.1) is 0 Å². The number of amides is 1. The van der Waals surface area contributed by atoms with E-state index in [4.69, 9.17) is 5.73 Å². The molecule has 0 aliphatic heterocycles. The number of H-pyrrole nitrogens is 1. The number of nitrogens with one attached hydrogen (secondary N) is 1. The second-order valence-electron chi connectivity index (χ2n) is 7.95. The first-order valence-electron chi connectivity index (χ1n) is 10.5. The molecule has 2 heterocycles. The molecule has 3 N–H and O–H groups in total. The zero-order valence-electron chi connectivity index (χ0n) is 18.2. The van der Waals surface area contributed by atoms with E-state index in [-0.39, 0.29) is 23.3 Å². The zero-order chi connectivity index (χ0) is 22.5. The summed E-state index contributed by atoms with van der Waals surface area (Å²) in [6.07, 6.45) is 5.30. The fraction of sp³-hybridized carbons (Fsp3) is 0.348. The highest BCUT2D eigenvalue weighted by Gasteiger charge is 2.25. The summed E-state index contributed by atoms with van der Waals surface area (Å²) in [6, 6.07) is 11.0. The minimum absolute atomic E-state index is 0.00784. The third-order valence-corrected chi connectivity index (χ3v) is 5.01. The maximum atomic E-state index is 13.5. The summed E-state index contributed by atoms with van der Waals surface area (Å²) in [5, 5.41) is 0. The van der Waals surface area contributed by atoms with E-state index >= 15 is 0 Å². The molecule has 3 rings (SSSR count). The van der Waals surface area contributed by atoms with Crippen molar-refractivity contribution in [1.82, 2.24) is 14.1 Å². The van der Waals surface area contributed by atoms with Crippen LogP contribution in [-0.2, 0) is 6.54 Å². The van der Waals surface area contributed by atoms with E-state index in [0.29, 0.717) is 25.1 Å². The van der Waals surface area contributed by atoms with Gasteiger partial charge in [0, 0.05) is 36.7 Å². The van der Waals surface area contributed by atoms with E-state index in [1.807, 2.05) is 55.9 Å². The fourth-order valence-corrected chi connectivity index (χ4v) is 3.48. The second-order valence-corrected chi connectivity index (χ2v) is 7.95. The summed E-state index contributed by atoms with van der Waals surface area (Å²) in [5.41, 5.74) is 6.33. The van der Waals surface area contributed by atoms with Crippen LogP contribution in [0.15, 0.2) is 58.4 Å². The van der Waals surface area contributed by atoms with Crippen molar-refractivity contribution in [2.75, 3.05) is 17.2 Å². The number of rotatable bonds is 8. The normalized spacial score (nSPS) is 11.1. The summed E-state index contributed by atoms with van der Waals surface area (Å²) in [6.45, 7) is 6.55. The number of unbranched alkanes of at least 4 members (excludes halogenated alkanes) is 1. The van der Waals surface area contributed by atoms with Gasteiger partial charge >= 0.3 is 5.69 Å². The smallest absolute Gasteiger partial charge is 0.330 e. The van der Waals surface area contributed by atoms with Crippen molar-refractivity contribution >= 4 is 17.4 Å². The Bertz CT molecular complexity index is 1160. The molecular formula is C23H29N5O3. The van der Waals surface area contributed by atoms with Gasteiger partial charge in [-0.1, -0.05) is 33.3 Å². The van der Waals surface area contributed by atoms with Gasteiger partial charge in [-0.05, 0) is 42.7 Å². The Balaban J connectivity index is 2.09.